The molecule has 1 amide bonds. The van der Waals surface area contributed by atoms with E-state index in [-0.39, 0.29) is 16.8 Å². The van der Waals surface area contributed by atoms with Crippen LogP contribution in [0.25, 0.3) is 0 Å². The predicted molar refractivity (Wildman–Crippen MR) is 81.6 cm³/mol. The number of carbonyl (C=O) groups is 1. The highest BCUT2D eigenvalue weighted by molar-refractivity contribution is 9.09. The van der Waals surface area contributed by atoms with Crippen molar-refractivity contribution in [3.63, 3.8) is 0 Å². The lowest BCUT2D eigenvalue weighted by Crippen LogP contribution is -2.30. The Morgan fingerprint density at radius 3 is 2.58 bits per heavy atom. The summed E-state index contributed by atoms with van der Waals surface area (Å²) >= 11 is 5.27. The summed E-state index contributed by atoms with van der Waals surface area (Å²) in [4.78, 5) is 15.7. The fourth-order valence-electron chi connectivity index (χ4n) is 2.52. The lowest BCUT2D eigenvalue weighted by molar-refractivity contribution is -0.129. The molecule has 0 bridgehead atoms. The molecule has 4 heteroatoms. The molecule has 1 aliphatic heterocycles. The zero-order valence-electron chi connectivity index (χ0n) is 10.3. The third-order valence-electron chi connectivity index (χ3n) is 3.35. The molecule has 1 saturated heterocycles. The van der Waals surface area contributed by atoms with Gasteiger partial charge in [-0.25, -0.2) is 0 Å². The van der Waals surface area contributed by atoms with Crippen LogP contribution in [-0.2, 0) is 4.79 Å². The van der Waals surface area contributed by atoms with Gasteiger partial charge in [0.2, 0.25) is 5.91 Å². The van der Waals surface area contributed by atoms with Crippen molar-refractivity contribution >= 4 is 33.2 Å². The average molecular weight is 336 g/mol. The van der Waals surface area contributed by atoms with E-state index in [1.807, 2.05) is 29.2 Å². The molecular weight excluding hydrogens is 322 g/mol. The highest BCUT2D eigenvalue weighted by Crippen LogP contribution is 2.35. The van der Waals surface area contributed by atoms with E-state index in [9.17, 15) is 4.79 Å². The number of thiophene rings is 1. The molecule has 0 aliphatic carbocycles. The molecule has 2 nitrogen and oxygen atoms in total. The molecule has 1 aromatic heterocycles. The standard InChI is InChI=1S/C15H14BrNOS/c16-12-9-14(18)17(10-12)15(13-7-4-8-19-13)11-5-2-1-3-6-11/h1-8,12,15H,9-10H2. The average Bonchev–Trinajstić information content (AvgIpc) is 3.03. The third-order valence-corrected chi connectivity index (χ3v) is 4.89. The molecule has 2 atom stereocenters. The molecular formula is C15H14BrNOS. The molecule has 98 valence electrons. The maximum Gasteiger partial charge on any atom is 0.224 e. The number of nitrogens with zero attached hydrogens (tertiary/aromatic N) is 1. The quantitative estimate of drug-likeness (QED) is 0.780. The molecule has 0 N–H and O–H groups in total. The number of likely N-dealkylation sites (tertiary alicyclic amines) is 1. The van der Waals surface area contributed by atoms with Crippen molar-refractivity contribution in [3.8, 4) is 0 Å². The van der Waals surface area contributed by atoms with Gasteiger partial charge in [-0.3, -0.25) is 4.79 Å². The first-order chi connectivity index (χ1) is 9.25. The minimum Gasteiger partial charge on any atom is -0.330 e. The number of rotatable bonds is 3. The molecule has 2 heterocycles. The molecule has 0 saturated carbocycles. The zero-order valence-corrected chi connectivity index (χ0v) is 12.7. The largest absolute Gasteiger partial charge is 0.330 e. The van der Waals surface area contributed by atoms with Gasteiger partial charge in [-0.15, -0.1) is 11.3 Å². The van der Waals surface area contributed by atoms with Gasteiger partial charge in [0.15, 0.2) is 0 Å². The fraction of sp³-hybridized carbons (Fsp3) is 0.267. The van der Waals surface area contributed by atoms with Gasteiger partial charge in [0, 0.05) is 22.7 Å². The first kappa shape index (κ1) is 12.9. The SMILES string of the molecule is O=C1CC(Br)CN1C(c1ccccc1)c1cccs1. The van der Waals surface area contributed by atoms with Crippen molar-refractivity contribution in [2.75, 3.05) is 6.54 Å². The molecule has 0 spiro atoms. The van der Waals surface area contributed by atoms with E-state index >= 15 is 0 Å². The summed E-state index contributed by atoms with van der Waals surface area (Å²) in [5.74, 6) is 0.226. The van der Waals surface area contributed by atoms with Gasteiger partial charge < -0.3 is 4.90 Å². The van der Waals surface area contributed by atoms with Gasteiger partial charge in [0.25, 0.3) is 0 Å². The van der Waals surface area contributed by atoms with Gasteiger partial charge in [0.05, 0.1) is 6.04 Å². The fourth-order valence-corrected chi connectivity index (χ4v) is 3.97. The highest BCUT2D eigenvalue weighted by Gasteiger charge is 2.34. The minimum atomic E-state index is 0.0521. The lowest BCUT2D eigenvalue weighted by atomic mass is 10.0. The Morgan fingerprint density at radius 1 is 1.21 bits per heavy atom. The number of carbonyl (C=O) groups excluding carboxylic acids is 1. The molecule has 2 aromatic rings. The smallest absolute Gasteiger partial charge is 0.224 e. The van der Waals surface area contributed by atoms with Crippen molar-refractivity contribution in [3.05, 3.63) is 58.3 Å². The number of hydrogen-bond donors (Lipinski definition) is 0. The Balaban J connectivity index is 2.00. The Labute approximate surface area is 125 Å². The second kappa shape index (κ2) is 5.47. The van der Waals surface area contributed by atoms with Crippen LogP contribution >= 0.6 is 27.3 Å². The maximum absolute atomic E-state index is 12.2. The summed E-state index contributed by atoms with van der Waals surface area (Å²) in [5.41, 5.74) is 1.18. The number of amides is 1. The summed E-state index contributed by atoms with van der Waals surface area (Å²) < 4.78 is 0. The number of hydrogen-bond acceptors (Lipinski definition) is 2. The summed E-state index contributed by atoms with van der Waals surface area (Å²) in [6.45, 7) is 0.774. The molecule has 0 radical (unpaired) electrons. The van der Waals surface area contributed by atoms with Crippen LogP contribution in [0.3, 0.4) is 0 Å². The van der Waals surface area contributed by atoms with Crippen LogP contribution in [0.2, 0.25) is 0 Å². The van der Waals surface area contributed by atoms with Crippen LogP contribution in [0, 0.1) is 0 Å². The highest BCUT2D eigenvalue weighted by atomic mass is 79.9. The van der Waals surface area contributed by atoms with Gasteiger partial charge in [-0.05, 0) is 17.0 Å². The van der Waals surface area contributed by atoms with Crippen LogP contribution in [0.5, 0.6) is 0 Å². The number of alkyl halides is 1. The normalized spacial score (nSPS) is 20.8. The van der Waals surface area contributed by atoms with Crippen LogP contribution in [0.4, 0.5) is 0 Å². The van der Waals surface area contributed by atoms with E-state index < -0.39 is 0 Å². The second-order valence-corrected chi connectivity index (χ2v) is 6.95. The van der Waals surface area contributed by atoms with E-state index in [4.69, 9.17) is 0 Å². The maximum atomic E-state index is 12.2. The van der Waals surface area contributed by atoms with Gasteiger partial charge >= 0.3 is 0 Å². The topological polar surface area (TPSA) is 20.3 Å². The predicted octanol–water partition coefficient (Wildman–Crippen LogP) is 3.83. The first-order valence-electron chi connectivity index (χ1n) is 6.27. The van der Waals surface area contributed by atoms with Gasteiger partial charge in [-0.2, -0.15) is 0 Å². The van der Waals surface area contributed by atoms with E-state index in [0.717, 1.165) is 6.54 Å². The van der Waals surface area contributed by atoms with Crippen molar-refractivity contribution in [2.45, 2.75) is 17.3 Å². The van der Waals surface area contributed by atoms with E-state index in [1.165, 1.54) is 10.4 Å². The zero-order chi connectivity index (χ0) is 13.2. The van der Waals surface area contributed by atoms with Crippen LogP contribution in [0.15, 0.2) is 47.8 Å². The van der Waals surface area contributed by atoms with Crippen molar-refractivity contribution in [1.82, 2.24) is 4.90 Å². The Morgan fingerprint density at radius 2 is 2.00 bits per heavy atom. The van der Waals surface area contributed by atoms with Crippen molar-refractivity contribution in [1.29, 1.82) is 0 Å². The molecule has 3 rings (SSSR count). The molecule has 1 aliphatic rings. The van der Waals surface area contributed by atoms with Gasteiger partial charge in [-0.1, -0.05) is 52.3 Å². The van der Waals surface area contributed by atoms with E-state index in [2.05, 4.69) is 39.5 Å². The van der Waals surface area contributed by atoms with Crippen LogP contribution in [0.1, 0.15) is 22.9 Å². The van der Waals surface area contributed by atoms with Gasteiger partial charge in [0.1, 0.15) is 0 Å². The lowest BCUT2D eigenvalue weighted by Gasteiger charge is -2.27. The van der Waals surface area contributed by atoms with Crippen LogP contribution in [-0.4, -0.2) is 22.2 Å². The first-order valence-corrected chi connectivity index (χ1v) is 8.07. The number of halogens is 1. The Hall–Kier alpha value is -1.13. The molecule has 2 unspecified atom stereocenters. The Bertz CT molecular complexity index is 555. The van der Waals surface area contributed by atoms with Crippen molar-refractivity contribution < 1.29 is 4.79 Å². The third kappa shape index (κ3) is 2.60. The number of benzene rings is 1. The molecule has 1 fully saturated rings. The van der Waals surface area contributed by atoms with Crippen molar-refractivity contribution in [2.24, 2.45) is 0 Å². The van der Waals surface area contributed by atoms with Crippen LogP contribution < -0.4 is 0 Å². The Kier molecular flexibility index (Phi) is 3.71. The second-order valence-electron chi connectivity index (χ2n) is 4.68. The van der Waals surface area contributed by atoms with E-state index in [1.54, 1.807) is 11.3 Å². The monoisotopic (exact) mass is 335 g/mol. The van der Waals surface area contributed by atoms with E-state index in [0.29, 0.717) is 6.42 Å². The molecule has 19 heavy (non-hydrogen) atoms. The molecule has 1 aromatic carbocycles. The summed E-state index contributed by atoms with van der Waals surface area (Å²) in [7, 11) is 0. The summed E-state index contributed by atoms with van der Waals surface area (Å²) in [6.07, 6.45) is 0.592. The summed E-state index contributed by atoms with van der Waals surface area (Å²) in [6, 6.07) is 14.5. The minimum absolute atomic E-state index is 0.0521. The summed E-state index contributed by atoms with van der Waals surface area (Å²) in [5, 5.41) is 2.07.